The summed E-state index contributed by atoms with van der Waals surface area (Å²) < 4.78 is 0. The van der Waals surface area contributed by atoms with Gasteiger partial charge < -0.3 is 15.2 Å². The van der Waals surface area contributed by atoms with Gasteiger partial charge in [-0.05, 0) is 37.9 Å². The zero-order chi connectivity index (χ0) is 13.9. The van der Waals surface area contributed by atoms with Crippen molar-refractivity contribution in [3.63, 3.8) is 0 Å². The number of rotatable bonds is 3. The fourth-order valence-corrected chi connectivity index (χ4v) is 3.00. The molecule has 0 aliphatic carbocycles. The molecular weight excluding hydrogens is 250 g/mol. The Hall–Kier alpha value is -1.81. The van der Waals surface area contributed by atoms with Crippen molar-refractivity contribution < 1.29 is 4.79 Å². The molecule has 1 amide bonds. The first kappa shape index (κ1) is 13.2. The number of amides is 1. The molecule has 4 nitrogen and oxygen atoms in total. The number of aromatic amines is 1. The van der Waals surface area contributed by atoms with Crippen LogP contribution in [0.5, 0.6) is 0 Å². The molecule has 1 atom stereocenters. The number of nitrogens with one attached hydrogen (secondary N) is 2. The number of nitrogens with zero attached hydrogens (tertiary/aromatic N) is 1. The normalized spacial score (nSPS) is 19.1. The zero-order valence-corrected chi connectivity index (χ0v) is 11.9. The summed E-state index contributed by atoms with van der Waals surface area (Å²) in [5.74, 6) is 0.677. The maximum atomic E-state index is 12.6. The number of benzene rings is 1. The van der Waals surface area contributed by atoms with E-state index in [2.05, 4.69) is 10.3 Å². The third-order valence-electron chi connectivity index (χ3n) is 4.10. The molecule has 1 aromatic heterocycles. The summed E-state index contributed by atoms with van der Waals surface area (Å²) >= 11 is 0. The summed E-state index contributed by atoms with van der Waals surface area (Å²) in [5.41, 5.74) is 1.79. The topological polar surface area (TPSA) is 48.1 Å². The Morgan fingerprint density at radius 3 is 3.05 bits per heavy atom. The van der Waals surface area contributed by atoms with Gasteiger partial charge in [0.05, 0.1) is 5.56 Å². The van der Waals surface area contributed by atoms with Crippen LogP contribution in [0.2, 0.25) is 0 Å². The number of carbonyl (C=O) groups is 1. The highest BCUT2D eigenvalue weighted by Gasteiger charge is 2.20. The summed E-state index contributed by atoms with van der Waals surface area (Å²) in [6.07, 6.45) is 4.24. The molecule has 1 aliphatic heterocycles. The predicted octanol–water partition coefficient (Wildman–Crippen LogP) is 2.24. The molecule has 1 aliphatic rings. The Balaban J connectivity index is 1.74. The van der Waals surface area contributed by atoms with Gasteiger partial charge >= 0.3 is 0 Å². The van der Waals surface area contributed by atoms with Crippen LogP contribution in [-0.4, -0.2) is 42.5 Å². The highest BCUT2D eigenvalue weighted by molar-refractivity contribution is 6.06. The lowest BCUT2D eigenvalue weighted by Crippen LogP contribution is -2.39. The molecular formula is C16H21N3O. The van der Waals surface area contributed by atoms with E-state index in [-0.39, 0.29) is 5.91 Å². The average molecular weight is 271 g/mol. The zero-order valence-electron chi connectivity index (χ0n) is 11.9. The van der Waals surface area contributed by atoms with E-state index in [1.54, 1.807) is 0 Å². The number of fused-ring (bicyclic) bond motifs is 1. The molecule has 20 heavy (non-hydrogen) atoms. The number of H-pyrrole nitrogens is 1. The van der Waals surface area contributed by atoms with Gasteiger partial charge in [0.2, 0.25) is 0 Å². The second kappa shape index (κ2) is 5.67. The van der Waals surface area contributed by atoms with E-state index < -0.39 is 0 Å². The summed E-state index contributed by atoms with van der Waals surface area (Å²) in [6, 6.07) is 7.94. The molecule has 1 saturated heterocycles. The van der Waals surface area contributed by atoms with Gasteiger partial charge in [-0.15, -0.1) is 0 Å². The van der Waals surface area contributed by atoms with Crippen LogP contribution in [0.1, 0.15) is 23.2 Å². The first-order valence-electron chi connectivity index (χ1n) is 7.28. The van der Waals surface area contributed by atoms with Crippen molar-refractivity contribution in [3.05, 3.63) is 36.0 Å². The van der Waals surface area contributed by atoms with Crippen LogP contribution in [0.15, 0.2) is 30.5 Å². The van der Waals surface area contributed by atoms with Crippen molar-refractivity contribution in [2.75, 3.05) is 26.7 Å². The first-order valence-corrected chi connectivity index (χ1v) is 7.28. The van der Waals surface area contributed by atoms with Crippen LogP contribution < -0.4 is 5.32 Å². The SMILES string of the molecule is CN(CC1CCCNC1)C(=O)c1c[nH]c2ccccc12. The summed E-state index contributed by atoms with van der Waals surface area (Å²) in [4.78, 5) is 17.6. The van der Waals surface area contributed by atoms with Gasteiger partial charge in [0, 0.05) is 30.7 Å². The standard InChI is InChI=1S/C16H21N3O/c1-19(11-12-5-4-8-17-9-12)16(20)14-10-18-15-7-3-2-6-13(14)15/h2-3,6-7,10,12,17-18H,4-5,8-9,11H2,1H3. The first-order chi connectivity index (χ1) is 9.75. The van der Waals surface area contributed by atoms with E-state index in [9.17, 15) is 4.79 Å². The molecule has 2 heterocycles. The number of para-hydroxylation sites is 1. The number of hydrogen-bond donors (Lipinski definition) is 2. The third-order valence-corrected chi connectivity index (χ3v) is 4.10. The van der Waals surface area contributed by atoms with E-state index >= 15 is 0 Å². The molecule has 0 radical (unpaired) electrons. The van der Waals surface area contributed by atoms with E-state index in [1.165, 1.54) is 12.8 Å². The Bertz CT molecular complexity index is 599. The minimum atomic E-state index is 0.105. The Kier molecular flexibility index (Phi) is 3.74. The Labute approximate surface area is 119 Å². The molecule has 2 N–H and O–H groups in total. The molecule has 0 bridgehead atoms. The monoisotopic (exact) mass is 271 g/mol. The van der Waals surface area contributed by atoms with E-state index in [4.69, 9.17) is 0 Å². The summed E-state index contributed by atoms with van der Waals surface area (Å²) in [5, 5.41) is 4.41. The van der Waals surface area contributed by atoms with Gasteiger partial charge in [0.15, 0.2) is 0 Å². The van der Waals surface area contributed by atoms with Crippen LogP contribution >= 0.6 is 0 Å². The van der Waals surface area contributed by atoms with E-state index in [0.29, 0.717) is 5.92 Å². The van der Waals surface area contributed by atoms with Crippen molar-refractivity contribution in [2.24, 2.45) is 5.92 Å². The Morgan fingerprint density at radius 2 is 2.25 bits per heavy atom. The smallest absolute Gasteiger partial charge is 0.255 e. The molecule has 2 aromatic rings. The molecule has 1 unspecified atom stereocenters. The summed E-state index contributed by atoms with van der Waals surface area (Å²) in [6.45, 7) is 2.95. The maximum absolute atomic E-state index is 12.6. The minimum Gasteiger partial charge on any atom is -0.360 e. The van der Waals surface area contributed by atoms with E-state index in [0.717, 1.165) is 36.1 Å². The minimum absolute atomic E-state index is 0.105. The summed E-state index contributed by atoms with van der Waals surface area (Å²) in [7, 11) is 1.90. The van der Waals surface area contributed by atoms with Gasteiger partial charge in [-0.3, -0.25) is 4.79 Å². The van der Waals surface area contributed by atoms with Gasteiger partial charge in [-0.2, -0.15) is 0 Å². The second-order valence-corrected chi connectivity index (χ2v) is 5.65. The predicted molar refractivity (Wildman–Crippen MR) is 80.9 cm³/mol. The molecule has 0 spiro atoms. The number of aromatic nitrogens is 1. The Morgan fingerprint density at radius 1 is 1.40 bits per heavy atom. The molecule has 4 heteroatoms. The van der Waals surface area contributed by atoms with Crippen molar-refractivity contribution in [3.8, 4) is 0 Å². The highest BCUT2D eigenvalue weighted by Crippen LogP contribution is 2.20. The lowest BCUT2D eigenvalue weighted by molar-refractivity contribution is 0.0766. The fraction of sp³-hybridized carbons (Fsp3) is 0.438. The van der Waals surface area contributed by atoms with Crippen molar-refractivity contribution in [1.29, 1.82) is 0 Å². The molecule has 1 fully saturated rings. The number of carbonyl (C=O) groups excluding carboxylic acids is 1. The van der Waals surface area contributed by atoms with Crippen molar-refractivity contribution >= 4 is 16.8 Å². The quantitative estimate of drug-likeness (QED) is 0.899. The molecule has 1 aromatic carbocycles. The number of hydrogen-bond acceptors (Lipinski definition) is 2. The van der Waals surface area contributed by atoms with Crippen LogP contribution in [-0.2, 0) is 0 Å². The van der Waals surface area contributed by atoms with Crippen molar-refractivity contribution in [2.45, 2.75) is 12.8 Å². The van der Waals surface area contributed by atoms with Crippen molar-refractivity contribution in [1.82, 2.24) is 15.2 Å². The highest BCUT2D eigenvalue weighted by atomic mass is 16.2. The van der Waals surface area contributed by atoms with Gasteiger partial charge in [-0.1, -0.05) is 18.2 Å². The lowest BCUT2D eigenvalue weighted by Gasteiger charge is -2.27. The average Bonchev–Trinajstić information content (AvgIpc) is 2.91. The van der Waals surface area contributed by atoms with Crippen LogP contribution in [0, 0.1) is 5.92 Å². The largest absolute Gasteiger partial charge is 0.360 e. The fourth-order valence-electron chi connectivity index (χ4n) is 3.00. The molecule has 106 valence electrons. The van der Waals surface area contributed by atoms with Gasteiger partial charge in [0.1, 0.15) is 0 Å². The number of piperidine rings is 1. The third kappa shape index (κ3) is 2.56. The second-order valence-electron chi connectivity index (χ2n) is 5.65. The van der Waals surface area contributed by atoms with Crippen LogP contribution in [0.25, 0.3) is 10.9 Å². The van der Waals surface area contributed by atoms with Crippen LogP contribution in [0.3, 0.4) is 0 Å². The van der Waals surface area contributed by atoms with Crippen LogP contribution in [0.4, 0.5) is 0 Å². The van der Waals surface area contributed by atoms with E-state index in [1.807, 2.05) is 42.4 Å². The van der Waals surface area contributed by atoms with Gasteiger partial charge in [-0.25, -0.2) is 0 Å². The molecule has 0 saturated carbocycles. The van der Waals surface area contributed by atoms with Gasteiger partial charge in [0.25, 0.3) is 5.91 Å². The molecule has 3 rings (SSSR count). The lowest BCUT2D eigenvalue weighted by atomic mass is 9.99. The maximum Gasteiger partial charge on any atom is 0.255 e.